The molecule has 180 valence electrons. The molecule has 2 rings (SSSR count). The molecule has 0 aromatic heterocycles. The Morgan fingerprint density at radius 2 is 1.81 bits per heavy atom. The lowest BCUT2D eigenvalue weighted by Crippen LogP contribution is -2.66. The third-order valence-corrected chi connectivity index (χ3v) is 6.74. The van der Waals surface area contributed by atoms with Gasteiger partial charge in [0.1, 0.15) is 11.7 Å². The SMILES string of the molecule is CCC1(C)CC(=NOCC(=O)OC(C)(C)C)C(C)C(C)(CC)N1OC(C)c1ccccc1. The number of hydroxylamine groups is 2. The maximum atomic E-state index is 12.0. The van der Waals surface area contributed by atoms with E-state index in [0.717, 1.165) is 24.1 Å². The molecule has 1 heterocycles. The van der Waals surface area contributed by atoms with Gasteiger partial charge in [0.15, 0.2) is 0 Å². The van der Waals surface area contributed by atoms with Crippen molar-refractivity contribution in [3.8, 4) is 0 Å². The summed E-state index contributed by atoms with van der Waals surface area (Å²) in [6.07, 6.45) is 2.41. The Bertz CT molecular complexity index is 789. The summed E-state index contributed by atoms with van der Waals surface area (Å²) in [5.74, 6) is -0.322. The van der Waals surface area contributed by atoms with Gasteiger partial charge in [-0.25, -0.2) is 4.79 Å². The maximum Gasteiger partial charge on any atom is 0.347 e. The molecule has 1 aromatic rings. The molecule has 0 amide bonds. The van der Waals surface area contributed by atoms with E-state index in [1.54, 1.807) is 0 Å². The van der Waals surface area contributed by atoms with Gasteiger partial charge in [-0.05, 0) is 59.9 Å². The van der Waals surface area contributed by atoms with Gasteiger partial charge in [0.05, 0.1) is 11.3 Å². The molecule has 0 spiro atoms. The first-order chi connectivity index (χ1) is 14.9. The molecule has 0 aliphatic carbocycles. The van der Waals surface area contributed by atoms with Gasteiger partial charge in [0.2, 0.25) is 6.61 Å². The smallest absolute Gasteiger partial charge is 0.347 e. The summed E-state index contributed by atoms with van der Waals surface area (Å²) >= 11 is 0. The molecule has 32 heavy (non-hydrogen) atoms. The molecule has 1 aliphatic heterocycles. The van der Waals surface area contributed by atoms with Crippen molar-refractivity contribution in [1.82, 2.24) is 5.06 Å². The van der Waals surface area contributed by atoms with Gasteiger partial charge >= 0.3 is 5.97 Å². The van der Waals surface area contributed by atoms with E-state index in [1.165, 1.54) is 0 Å². The summed E-state index contributed by atoms with van der Waals surface area (Å²) in [5, 5.41) is 6.64. The first kappa shape index (κ1) is 26.3. The zero-order valence-electron chi connectivity index (χ0n) is 21.4. The van der Waals surface area contributed by atoms with Gasteiger partial charge in [0.25, 0.3) is 0 Å². The van der Waals surface area contributed by atoms with Crippen molar-refractivity contribution in [2.24, 2.45) is 11.1 Å². The van der Waals surface area contributed by atoms with Crippen LogP contribution in [-0.2, 0) is 19.2 Å². The van der Waals surface area contributed by atoms with E-state index in [9.17, 15) is 4.79 Å². The normalized spacial score (nSPS) is 29.0. The van der Waals surface area contributed by atoms with E-state index in [0.29, 0.717) is 6.42 Å². The minimum Gasteiger partial charge on any atom is -0.457 e. The fourth-order valence-electron chi connectivity index (χ4n) is 4.33. The van der Waals surface area contributed by atoms with Crippen LogP contribution in [0.1, 0.15) is 93.2 Å². The largest absolute Gasteiger partial charge is 0.457 e. The number of piperidine rings is 1. The zero-order valence-corrected chi connectivity index (χ0v) is 21.4. The number of carbonyl (C=O) groups is 1. The third-order valence-electron chi connectivity index (χ3n) is 6.74. The first-order valence-corrected chi connectivity index (χ1v) is 11.8. The van der Waals surface area contributed by atoms with Gasteiger partial charge in [-0.2, -0.15) is 5.06 Å². The van der Waals surface area contributed by atoms with Crippen molar-refractivity contribution < 1.29 is 19.2 Å². The molecule has 6 nitrogen and oxygen atoms in total. The van der Waals surface area contributed by atoms with Crippen molar-refractivity contribution >= 4 is 11.7 Å². The third kappa shape index (κ3) is 6.10. The molecule has 0 N–H and O–H groups in total. The van der Waals surface area contributed by atoms with Crippen molar-refractivity contribution in [1.29, 1.82) is 0 Å². The molecule has 4 atom stereocenters. The van der Waals surface area contributed by atoms with E-state index in [-0.39, 0.29) is 29.7 Å². The van der Waals surface area contributed by atoms with E-state index < -0.39 is 11.6 Å². The predicted molar refractivity (Wildman–Crippen MR) is 128 cm³/mol. The molecule has 1 fully saturated rings. The van der Waals surface area contributed by atoms with Crippen LogP contribution in [0.25, 0.3) is 0 Å². The van der Waals surface area contributed by atoms with E-state index in [1.807, 2.05) is 39.0 Å². The molecule has 0 radical (unpaired) electrons. The highest BCUT2D eigenvalue weighted by atomic mass is 16.7. The second-order valence-corrected chi connectivity index (χ2v) is 10.4. The number of carbonyl (C=O) groups excluding carboxylic acids is 1. The molecule has 4 unspecified atom stereocenters. The Labute approximate surface area is 194 Å². The number of nitrogens with zero attached hydrogens (tertiary/aromatic N) is 2. The Morgan fingerprint density at radius 1 is 1.19 bits per heavy atom. The number of esters is 1. The summed E-state index contributed by atoms with van der Waals surface area (Å²) in [4.78, 5) is 24.1. The maximum absolute atomic E-state index is 12.0. The van der Waals surface area contributed by atoms with Crippen LogP contribution in [-0.4, -0.2) is 40.0 Å². The fourth-order valence-corrected chi connectivity index (χ4v) is 4.33. The lowest BCUT2D eigenvalue weighted by Gasteiger charge is -2.57. The number of hydrogen-bond acceptors (Lipinski definition) is 6. The molecule has 1 aromatic carbocycles. The number of benzene rings is 1. The lowest BCUT2D eigenvalue weighted by molar-refractivity contribution is -0.310. The Hall–Kier alpha value is -1.92. The van der Waals surface area contributed by atoms with E-state index in [2.05, 4.69) is 63.9 Å². The second-order valence-electron chi connectivity index (χ2n) is 10.4. The van der Waals surface area contributed by atoms with Gasteiger partial charge in [-0.1, -0.05) is 56.3 Å². The average Bonchev–Trinajstić information content (AvgIpc) is 2.74. The summed E-state index contributed by atoms with van der Waals surface area (Å²) in [7, 11) is 0. The molecule has 0 bridgehead atoms. The van der Waals surface area contributed by atoms with Crippen LogP contribution < -0.4 is 0 Å². The number of hydrogen-bond donors (Lipinski definition) is 0. The van der Waals surface area contributed by atoms with Crippen LogP contribution in [0.2, 0.25) is 0 Å². The quantitative estimate of drug-likeness (QED) is 0.358. The Kier molecular flexibility index (Phi) is 8.51. The van der Waals surface area contributed by atoms with Crippen LogP contribution in [0.5, 0.6) is 0 Å². The zero-order chi connectivity index (χ0) is 24.2. The van der Waals surface area contributed by atoms with Crippen LogP contribution in [0.3, 0.4) is 0 Å². The minimum atomic E-state index is -0.541. The van der Waals surface area contributed by atoms with Gasteiger partial charge < -0.3 is 9.57 Å². The summed E-state index contributed by atoms with van der Waals surface area (Å²) < 4.78 is 5.32. The molecular formula is C26H42N2O4. The van der Waals surface area contributed by atoms with E-state index >= 15 is 0 Å². The second kappa shape index (κ2) is 10.3. The summed E-state index contributed by atoms with van der Waals surface area (Å²) in [6.45, 7) is 18.4. The average molecular weight is 447 g/mol. The Balaban J connectivity index is 2.24. The molecule has 6 heteroatoms. The first-order valence-electron chi connectivity index (χ1n) is 11.8. The molecule has 1 saturated heterocycles. The van der Waals surface area contributed by atoms with Crippen LogP contribution in [0, 0.1) is 5.92 Å². The minimum absolute atomic E-state index is 0.0675. The van der Waals surface area contributed by atoms with Crippen molar-refractivity contribution in [2.45, 2.75) is 104 Å². The highest BCUT2D eigenvalue weighted by Gasteiger charge is 2.53. The highest BCUT2D eigenvalue weighted by molar-refractivity contribution is 5.89. The van der Waals surface area contributed by atoms with Gasteiger partial charge in [-0.15, -0.1) is 0 Å². The number of rotatable bonds is 8. The highest BCUT2D eigenvalue weighted by Crippen LogP contribution is 2.46. The standard InChI is InChI=1S/C26H42N2O4/c1-10-25(8)17-22(27-30-18-23(29)31-24(5,6)7)19(3)26(9,11-2)28(25)32-20(4)21-15-13-12-14-16-21/h12-16,19-20H,10-11,17-18H2,1-9H3. The number of ether oxygens (including phenoxy) is 1. The van der Waals surface area contributed by atoms with Gasteiger partial charge in [-0.3, -0.25) is 4.84 Å². The van der Waals surface area contributed by atoms with Crippen LogP contribution in [0.15, 0.2) is 35.5 Å². The monoisotopic (exact) mass is 446 g/mol. The number of oxime groups is 1. The molecule has 1 aliphatic rings. The van der Waals surface area contributed by atoms with Crippen LogP contribution in [0.4, 0.5) is 0 Å². The van der Waals surface area contributed by atoms with Gasteiger partial charge in [0, 0.05) is 17.9 Å². The summed E-state index contributed by atoms with van der Waals surface area (Å²) in [5.41, 5.74) is 1.03. The van der Waals surface area contributed by atoms with Crippen molar-refractivity contribution in [2.75, 3.05) is 6.61 Å². The fraction of sp³-hybridized carbons (Fsp3) is 0.692. The van der Waals surface area contributed by atoms with Crippen molar-refractivity contribution in [3.63, 3.8) is 0 Å². The van der Waals surface area contributed by atoms with E-state index in [4.69, 9.17) is 14.4 Å². The topological polar surface area (TPSA) is 60.4 Å². The summed E-state index contributed by atoms with van der Waals surface area (Å²) in [6, 6.07) is 10.3. The molecular weight excluding hydrogens is 404 g/mol. The predicted octanol–water partition coefficient (Wildman–Crippen LogP) is 6.07. The Morgan fingerprint density at radius 3 is 2.34 bits per heavy atom. The molecule has 0 saturated carbocycles. The van der Waals surface area contributed by atoms with Crippen LogP contribution >= 0.6 is 0 Å². The van der Waals surface area contributed by atoms with Crippen molar-refractivity contribution in [3.05, 3.63) is 35.9 Å². The lowest BCUT2D eigenvalue weighted by atomic mass is 9.70.